The van der Waals surface area contributed by atoms with Crippen LogP contribution in [0.3, 0.4) is 0 Å². The highest BCUT2D eigenvalue weighted by molar-refractivity contribution is 7.80. The maximum absolute atomic E-state index is 13.0. The molecule has 28 heavy (non-hydrogen) atoms. The van der Waals surface area contributed by atoms with E-state index in [0.717, 1.165) is 12.1 Å². The summed E-state index contributed by atoms with van der Waals surface area (Å²) in [7, 11) is 0. The molecule has 1 aromatic carbocycles. The first-order valence-corrected chi connectivity index (χ1v) is 8.66. The van der Waals surface area contributed by atoms with Crippen molar-refractivity contribution in [3.05, 3.63) is 59.4 Å². The van der Waals surface area contributed by atoms with Gasteiger partial charge >= 0.3 is 6.18 Å². The highest BCUT2D eigenvalue weighted by atomic mass is 35.5. The Hall–Kier alpha value is -2.79. The molecular weight excluding hydrogens is 415 g/mol. The number of halogens is 4. The van der Waals surface area contributed by atoms with Crippen molar-refractivity contribution >= 4 is 34.6 Å². The molecule has 1 atom stereocenters. The second kappa shape index (κ2) is 8.07. The third-order valence-corrected chi connectivity index (χ3v) is 4.13. The number of rotatable bonds is 4. The Morgan fingerprint density at radius 2 is 1.93 bits per heavy atom. The number of nitrogens with zero attached hydrogens (tertiary/aromatic N) is 5. The lowest BCUT2D eigenvalue weighted by molar-refractivity contribution is -0.137. The fourth-order valence-electron chi connectivity index (χ4n) is 2.35. The van der Waals surface area contributed by atoms with E-state index in [1.165, 1.54) is 17.1 Å². The average molecular weight is 428 g/mol. The van der Waals surface area contributed by atoms with E-state index in [9.17, 15) is 13.2 Å². The SMILES string of the molecule is CC(NC(=S)Nc1ccc(Cl)c(C(F)(F)F)c1)c1ncnn1-c1ncccn1. The molecule has 0 aliphatic heterocycles. The van der Waals surface area contributed by atoms with Gasteiger partial charge in [0.2, 0.25) is 0 Å². The molecule has 0 aliphatic carbocycles. The van der Waals surface area contributed by atoms with Crippen LogP contribution in [-0.4, -0.2) is 29.8 Å². The maximum Gasteiger partial charge on any atom is 0.417 e. The van der Waals surface area contributed by atoms with Gasteiger partial charge in [-0.05, 0) is 43.4 Å². The summed E-state index contributed by atoms with van der Waals surface area (Å²) in [4.78, 5) is 12.4. The van der Waals surface area contributed by atoms with Gasteiger partial charge in [-0.25, -0.2) is 15.0 Å². The minimum absolute atomic E-state index is 0.103. The standard InChI is InChI=1S/C16H13ClF3N7S/c1-9(13-23-8-24-27(13)14-21-5-2-6-22-14)25-15(28)26-10-3-4-12(17)11(7-10)16(18,19)20/h2-9H,1H3,(H2,25,26,28). The van der Waals surface area contributed by atoms with Gasteiger partial charge < -0.3 is 10.6 Å². The van der Waals surface area contributed by atoms with Crippen LogP contribution in [-0.2, 0) is 6.18 Å². The van der Waals surface area contributed by atoms with E-state index in [4.69, 9.17) is 23.8 Å². The zero-order chi connectivity index (χ0) is 20.3. The molecule has 2 N–H and O–H groups in total. The van der Waals surface area contributed by atoms with E-state index in [2.05, 4.69) is 30.7 Å². The second-order valence-corrected chi connectivity index (χ2v) is 6.41. The first-order valence-electron chi connectivity index (χ1n) is 7.87. The van der Waals surface area contributed by atoms with Gasteiger partial charge in [-0.3, -0.25) is 0 Å². The second-order valence-electron chi connectivity index (χ2n) is 5.59. The van der Waals surface area contributed by atoms with Gasteiger partial charge in [0.05, 0.1) is 16.6 Å². The topological polar surface area (TPSA) is 80.5 Å². The minimum atomic E-state index is -4.57. The quantitative estimate of drug-likeness (QED) is 0.613. The van der Waals surface area contributed by atoms with Crippen molar-refractivity contribution < 1.29 is 13.2 Å². The normalized spacial score (nSPS) is 12.5. The summed E-state index contributed by atoms with van der Waals surface area (Å²) < 4.78 is 40.4. The molecule has 3 aromatic rings. The Balaban J connectivity index is 1.72. The van der Waals surface area contributed by atoms with Gasteiger partial charge in [-0.2, -0.15) is 23.0 Å². The Labute approximate surface area is 168 Å². The molecule has 0 amide bonds. The lowest BCUT2D eigenvalue weighted by Crippen LogP contribution is -2.32. The molecule has 7 nitrogen and oxygen atoms in total. The molecule has 0 saturated heterocycles. The highest BCUT2D eigenvalue weighted by Crippen LogP contribution is 2.36. The molecule has 0 fully saturated rings. The summed E-state index contributed by atoms with van der Waals surface area (Å²) in [6.45, 7) is 1.76. The van der Waals surface area contributed by atoms with E-state index in [1.54, 1.807) is 25.4 Å². The van der Waals surface area contributed by atoms with Crippen molar-refractivity contribution in [3.8, 4) is 5.95 Å². The van der Waals surface area contributed by atoms with Crippen molar-refractivity contribution in [2.75, 3.05) is 5.32 Å². The summed E-state index contributed by atoms with van der Waals surface area (Å²) in [6, 6.07) is 4.68. The predicted molar refractivity (Wildman–Crippen MR) is 101 cm³/mol. The molecule has 2 aromatic heterocycles. The van der Waals surface area contributed by atoms with Crippen molar-refractivity contribution in [2.24, 2.45) is 0 Å². The lowest BCUT2D eigenvalue weighted by atomic mass is 10.2. The number of aromatic nitrogens is 5. The van der Waals surface area contributed by atoms with Crippen LogP contribution in [0.1, 0.15) is 24.4 Å². The number of anilines is 1. The molecule has 0 saturated carbocycles. The fourth-order valence-corrected chi connectivity index (χ4v) is 2.87. The van der Waals surface area contributed by atoms with E-state index >= 15 is 0 Å². The molecule has 2 heterocycles. The Morgan fingerprint density at radius 1 is 1.21 bits per heavy atom. The van der Waals surface area contributed by atoms with E-state index < -0.39 is 17.8 Å². The third-order valence-electron chi connectivity index (χ3n) is 3.58. The Kier molecular flexibility index (Phi) is 5.75. The summed E-state index contributed by atoms with van der Waals surface area (Å²) in [5.41, 5.74) is -0.801. The summed E-state index contributed by atoms with van der Waals surface area (Å²) in [6.07, 6.45) is -0.0912. The summed E-state index contributed by atoms with van der Waals surface area (Å²) >= 11 is 10.8. The van der Waals surface area contributed by atoms with Crippen LogP contribution in [0, 0.1) is 0 Å². The van der Waals surface area contributed by atoms with Crippen molar-refractivity contribution in [1.29, 1.82) is 0 Å². The number of benzene rings is 1. The van der Waals surface area contributed by atoms with Crippen LogP contribution in [0.4, 0.5) is 18.9 Å². The van der Waals surface area contributed by atoms with Crippen LogP contribution in [0.25, 0.3) is 5.95 Å². The van der Waals surface area contributed by atoms with Gasteiger partial charge in [-0.1, -0.05) is 11.6 Å². The number of thiocarbonyl (C=S) groups is 1. The monoisotopic (exact) mass is 427 g/mol. The molecule has 1 unspecified atom stereocenters. The van der Waals surface area contributed by atoms with Gasteiger partial charge in [0, 0.05) is 18.1 Å². The van der Waals surface area contributed by atoms with Crippen LogP contribution < -0.4 is 10.6 Å². The molecule has 146 valence electrons. The van der Waals surface area contributed by atoms with Crippen LogP contribution in [0.15, 0.2) is 43.0 Å². The van der Waals surface area contributed by atoms with Gasteiger partial charge in [0.15, 0.2) is 10.9 Å². The first-order chi connectivity index (χ1) is 13.3. The highest BCUT2D eigenvalue weighted by Gasteiger charge is 2.33. The predicted octanol–water partition coefficient (Wildman–Crippen LogP) is 3.78. The van der Waals surface area contributed by atoms with Gasteiger partial charge in [-0.15, -0.1) is 0 Å². The summed E-state index contributed by atoms with van der Waals surface area (Å²) in [5, 5.41) is 9.45. The number of hydrogen-bond donors (Lipinski definition) is 2. The van der Waals surface area contributed by atoms with Crippen molar-refractivity contribution in [1.82, 2.24) is 30.0 Å². The first kappa shape index (κ1) is 20.0. The average Bonchev–Trinajstić information content (AvgIpc) is 3.13. The molecule has 0 bridgehead atoms. The molecular formula is C16H13ClF3N7S. The van der Waals surface area contributed by atoms with E-state index in [0.29, 0.717) is 11.8 Å². The zero-order valence-electron chi connectivity index (χ0n) is 14.3. The van der Waals surface area contributed by atoms with Crippen LogP contribution >= 0.6 is 23.8 Å². The van der Waals surface area contributed by atoms with Crippen molar-refractivity contribution in [3.63, 3.8) is 0 Å². The lowest BCUT2D eigenvalue weighted by Gasteiger charge is -2.17. The van der Waals surface area contributed by atoms with Crippen LogP contribution in [0.2, 0.25) is 5.02 Å². The van der Waals surface area contributed by atoms with Gasteiger partial charge in [0.25, 0.3) is 5.95 Å². The molecule has 3 rings (SSSR count). The van der Waals surface area contributed by atoms with Gasteiger partial charge in [0.1, 0.15) is 6.33 Å². The summed E-state index contributed by atoms with van der Waals surface area (Å²) in [5.74, 6) is 0.803. The van der Waals surface area contributed by atoms with E-state index in [-0.39, 0.29) is 15.8 Å². The zero-order valence-corrected chi connectivity index (χ0v) is 15.8. The van der Waals surface area contributed by atoms with E-state index in [1.807, 2.05) is 0 Å². The Bertz CT molecular complexity index is 978. The minimum Gasteiger partial charge on any atom is -0.353 e. The van der Waals surface area contributed by atoms with Crippen molar-refractivity contribution in [2.45, 2.75) is 19.1 Å². The molecule has 0 radical (unpaired) electrons. The maximum atomic E-state index is 13.0. The molecule has 0 aliphatic rings. The largest absolute Gasteiger partial charge is 0.417 e. The third kappa shape index (κ3) is 4.54. The van der Waals surface area contributed by atoms with Crippen LogP contribution in [0.5, 0.6) is 0 Å². The molecule has 12 heteroatoms. The smallest absolute Gasteiger partial charge is 0.353 e. The molecule has 0 spiro atoms. The number of nitrogens with one attached hydrogen (secondary N) is 2. The number of hydrogen-bond acceptors (Lipinski definition) is 5. The fraction of sp³-hybridized carbons (Fsp3) is 0.188. The number of alkyl halides is 3. The Morgan fingerprint density at radius 3 is 2.61 bits per heavy atom.